The first kappa shape index (κ1) is 23.3. The van der Waals surface area contributed by atoms with Crippen molar-refractivity contribution in [1.29, 1.82) is 0 Å². The number of amides is 1. The van der Waals surface area contributed by atoms with Crippen molar-refractivity contribution < 1.29 is 14.3 Å². The van der Waals surface area contributed by atoms with Crippen molar-refractivity contribution in [3.05, 3.63) is 64.7 Å². The van der Waals surface area contributed by atoms with Crippen molar-refractivity contribution in [1.82, 2.24) is 15.1 Å². The molecule has 0 spiro atoms. The fourth-order valence-electron chi connectivity index (χ4n) is 5.23. The van der Waals surface area contributed by atoms with Crippen molar-refractivity contribution in [2.45, 2.75) is 50.8 Å². The van der Waals surface area contributed by atoms with E-state index in [1.54, 1.807) is 0 Å². The van der Waals surface area contributed by atoms with Crippen LogP contribution in [0.4, 0.5) is 0 Å². The molecule has 2 aliphatic heterocycles. The maximum Gasteiger partial charge on any atom is 0.251 e. The Balaban J connectivity index is 1.11. The van der Waals surface area contributed by atoms with Gasteiger partial charge in [0.2, 0.25) is 0 Å². The topological polar surface area (TPSA) is 54.0 Å². The molecular weight excluding hydrogens is 426 g/mol. The minimum absolute atomic E-state index is 0.00851. The number of likely N-dealkylation sites (N-methyl/N-ethyl adjacent to an activating group) is 1. The van der Waals surface area contributed by atoms with Crippen LogP contribution in [0.25, 0.3) is 0 Å². The molecule has 2 fully saturated rings. The van der Waals surface area contributed by atoms with Gasteiger partial charge in [0.15, 0.2) is 0 Å². The minimum atomic E-state index is -0.00851. The van der Waals surface area contributed by atoms with Crippen LogP contribution < -0.4 is 10.1 Å². The molecule has 1 N–H and O–H groups in total. The van der Waals surface area contributed by atoms with Crippen LogP contribution in [-0.2, 0) is 24.1 Å². The number of aryl methyl sites for hydroxylation is 1. The lowest BCUT2D eigenvalue weighted by Gasteiger charge is -2.32. The van der Waals surface area contributed by atoms with Crippen molar-refractivity contribution in [2.75, 3.05) is 46.4 Å². The van der Waals surface area contributed by atoms with Gasteiger partial charge in [0, 0.05) is 50.9 Å². The highest BCUT2D eigenvalue weighted by atomic mass is 16.5. The summed E-state index contributed by atoms with van der Waals surface area (Å²) in [5.41, 5.74) is 4.91. The highest BCUT2D eigenvalue weighted by Gasteiger charge is 2.22. The first-order valence-electron chi connectivity index (χ1n) is 12.8. The second-order valence-corrected chi connectivity index (χ2v) is 10.1. The van der Waals surface area contributed by atoms with Gasteiger partial charge in [-0.3, -0.25) is 9.69 Å². The predicted octanol–water partition coefficient (Wildman–Crippen LogP) is 3.28. The third kappa shape index (κ3) is 5.98. The molecule has 2 heterocycles. The van der Waals surface area contributed by atoms with Crippen LogP contribution in [0.3, 0.4) is 0 Å². The van der Waals surface area contributed by atoms with E-state index < -0.39 is 0 Å². The number of rotatable bonds is 7. The molecule has 1 amide bonds. The standard InChI is InChI=1S/C28H37N3O3/c1-30-12-14-31(15-13-30)19-21-4-5-24-18-25(9-6-23(24)17-21)29-28(32)22-7-10-26(11-8-22)34-20-27-3-2-16-33-27/h4-5,7-8,10-11,17,25,27H,2-3,6,9,12-16,18-20H2,1H3,(H,29,32)/t25-,27-/m0/s1. The zero-order valence-corrected chi connectivity index (χ0v) is 20.3. The first-order chi connectivity index (χ1) is 16.6. The number of hydrogen-bond acceptors (Lipinski definition) is 5. The molecule has 0 unspecified atom stereocenters. The number of nitrogens with one attached hydrogen (secondary N) is 1. The molecule has 1 aliphatic carbocycles. The maximum absolute atomic E-state index is 12.8. The van der Waals surface area contributed by atoms with Gasteiger partial charge in [-0.05, 0) is 80.1 Å². The number of nitrogens with zero attached hydrogens (tertiary/aromatic N) is 2. The molecule has 182 valence electrons. The van der Waals surface area contributed by atoms with Gasteiger partial charge in [0.1, 0.15) is 12.4 Å². The molecule has 6 nitrogen and oxygen atoms in total. The van der Waals surface area contributed by atoms with E-state index in [4.69, 9.17) is 9.47 Å². The molecule has 0 bridgehead atoms. The van der Waals surface area contributed by atoms with E-state index >= 15 is 0 Å². The van der Waals surface area contributed by atoms with Crippen LogP contribution in [-0.4, -0.2) is 74.3 Å². The van der Waals surface area contributed by atoms with Gasteiger partial charge in [-0.25, -0.2) is 0 Å². The van der Waals surface area contributed by atoms with Crippen LogP contribution in [0.1, 0.15) is 46.3 Å². The van der Waals surface area contributed by atoms with E-state index in [2.05, 4.69) is 40.4 Å². The molecule has 2 atom stereocenters. The Kier molecular flexibility index (Phi) is 7.48. The molecule has 0 radical (unpaired) electrons. The van der Waals surface area contributed by atoms with Crippen molar-refractivity contribution in [3.8, 4) is 5.75 Å². The number of benzene rings is 2. The summed E-state index contributed by atoms with van der Waals surface area (Å²) in [5, 5.41) is 3.24. The van der Waals surface area contributed by atoms with E-state index in [0.29, 0.717) is 12.2 Å². The summed E-state index contributed by atoms with van der Waals surface area (Å²) in [7, 11) is 2.20. The molecule has 6 heteroatoms. The Morgan fingerprint density at radius 2 is 1.88 bits per heavy atom. The van der Waals surface area contributed by atoms with E-state index in [1.165, 1.54) is 16.7 Å². The largest absolute Gasteiger partial charge is 0.491 e. The summed E-state index contributed by atoms with van der Waals surface area (Å²) in [5.74, 6) is 0.775. The van der Waals surface area contributed by atoms with E-state index in [9.17, 15) is 4.79 Å². The zero-order valence-electron chi connectivity index (χ0n) is 20.3. The summed E-state index contributed by atoms with van der Waals surface area (Å²) < 4.78 is 11.4. The zero-order chi connectivity index (χ0) is 23.3. The number of piperazine rings is 1. The van der Waals surface area contributed by atoms with Gasteiger partial charge in [-0.15, -0.1) is 0 Å². The minimum Gasteiger partial charge on any atom is -0.491 e. The van der Waals surface area contributed by atoms with Crippen LogP contribution >= 0.6 is 0 Å². The molecule has 2 aromatic carbocycles. The van der Waals surface area contributed by atoms with Crippen LogP contribution in [0, 0.1) is 0 Å². The van der Waals surface area contributed by atoms with Crippen molar-refractivity contribution in [2.24, 2.45) is 0 Å². The van der Waals surface area contributed by atoms with Gasteiger partial charge < -0.3 is 19.7 Å². The molecule has 0 saturated carbocycles. The van der Waals surface area contributed by atoms with Gasteiger partial charge >= 0.3 is 0 Å². The van der Waals surface area contributed by atoms with Crippen molar-refractivity contribution in [3.63, 3.8) is 0 Å². The monoisotopic (exact) mass is 463 g/mol. The fourth-order valence-corrected chi connectivity index (χ4v) is 5.23. The third-order valence-electron chi connectivity index (χ3n) is 7.41. The highest BCUT2D eigenvalue weighted by Crippen LogP contribution is 2.24. The number of fused-ring (bicyclic) bond motifs is 1. The summed E-state index contributed by atoms with van der Waals surface area (Å²) in [6.07, 6.45) is 5.27. The molecule has 2 aromatic rings. The molecule has 0 aromatic heterocycles. The smallest absolute Gasteiger partial charge is 0.251 e. The Morgan fingerprint density at radius 3 is 2.65 bits per heavy atom. The quantitative estimate of drug-likeness (QED) is 0.683. The maximum atomic E-state index is 12.8. The average molecular weight is 464 g/mol. The Hall–Kier alpha value is -2.41. The Morgan fingerprint density at radius 1 is 1.06 bits per heavy atom. The average Bonchev–Trinajstić information content (AvgIpc) is 3.38. The molecule has 3 aliphatic rings. The van der Waals surface area contributed by atoms with Crippen LogP contribution in [0.15, 0.2) is 42.5 Å². The van der Waals surface area contributed by atoms with E-state index in [0.717, 1.165) is 77.2 Å². The summed E-state index contributed by atoms with van der Waals surface area (Å²) >= 11 is 0. The summed E-state index contributed by atoms with van der Waals surface area (Å²) in [6, 6.07) is 14.6. The Labute approximate surface area is 203 Å². The lowest BCUT2D eigenvalue weighted by atomic mass is 9.87. The van der Waals surface area contributed by atoms with E-state index in [-0.39, 0.29) is 18.1 Å². The molecule has 34 heavy (non-hydrogen) atoms. The van der Waals surface area contributed by atoms with Crippen LogP contribution in [0.5, 0.6) is 5.75 Å². The first-order valence-corrected chi connectivity index (χ1v) is 12.8. The lowest BCUT2D eigenvalue weighted by molar-refractivity contribution is 0.0679. The summed E-state index contributed by atoms with van der Waals surface area (Å²) in [6.45, 7) is 7.03. The molecular formula is C28H37N3O3. The highest BCUT2D eigenvalue weighted by molar-refractivity contribution is 5.94. The number of carbonyl (C=O) groups is 1. The SMILES string of the molecule is CN1CCN(Cc2ccc3c(c2)CC[C@H](NC(=O)c2ccc(OC[C@@H]4CCCO4)cc2)C3)CC1. The number of carbonyl (C=O) groups excluding carboxylic acids is 1. The van der Waals surface area contributed by atoms with Crippen molar-refractivity contribution >= 4 is 5.91 Å². The third-order valence-corrected chi connectivity index (χ3v) is 7.41. The lowest BCUT2D eigenvalue weighted by Crippen LogP contribution is -2.43. The van der Waals surface area contributed by atoms with Gasteiger partial charge in [0.05, 0.1) is 6.10 Å². The van der Waals surface area contributed by atoms with Gasteiger partial charge in [-0.2, -0.15) is 0 Å². The molecule has 5 rings (SSSR count). The number of hydrogen-bond donors (Lipinski definition) is 1. The Bertz CT molecular complexity index is 963. The second-order valence-electron chi connectivity index (χ2n) is 10.1. The predicted molar refractivity (Wildman–Crippen MR) is 133 cm³/mol. The summed E-state index contributed by atoms with van der Waals surface area (Å²) in [4.78, 5) is 17.8. The normalized spacial score (nSPS) is 23.4. The number of ether oxygens (including phenoxy) is 2. The second kappa shape index (κ2) is 10.9. The fraction of sp³-hybridized carbons (Fsp3) is 0.536. The van der Waals surface area contributed by atoms with E-state index in [1.807, 2.05) is 24.3 Å². The molecule has 2 saturated heterocycles. The van der Waals surface area contributed by atoms with Gasteiger partial charge in [-0.1, -0.05) is 18.2 Å². The van der Waals surface area contributed by atoms with Gasteiger partial charge in [0.25, 0.3) is 5.91 Å². The van der Waals surface area contributed by atoms with Crippen LogP contribution in [0.2, 0.25) is 0 Å².